The van der Waals surface area contributed by atoms with Crippen molar-refractivity contribution in [2.24, 2.45) is 0 Å². The summed E-state index contributed by atoms with van der Waals surface area (Å²) in [5.74, 6) is 0.345. The Morgan fingerprint density at radius 1 is 1.44 bits per heavy atom. The van der Waals surface area contributed by atoms with Gasteiger partial charge in [0.25, 0.3) is 0 Å². The molecule has 0 amide bonds. The van der Waals surface area contributed by atoms with Crippen LogP contribution in [0.5, 0.6) is 0 Å². The highest BCUT2D eigenvalue weighted by molar-refractivity contribution is 5.22. The van der Waals surface area contributed by atoms with Crippen LogP contribution in [-0.4, -0.2) is 9.97 Å². The molecule has 0 bridgehead atoms. The van der Waals surface area contributed by atoms with E-state index in [0.29, 0.717) is 5.95 Å². The van der Waals surface area contributed by atoms with Gasteiger partial charge in [-0.1, -0.05) is 0 Å². The maximum atomic E-state index is 5.31. The zero-order valence-electron chi connectivity index (χ0n) is 5.55. The molecule has 0 aliphatic carbocycles. The van der Waals surface area contributed by atoms with Gasteiger partial charge in [-0.25, -0.2) is 9.97 Å². The van der Waals surface area contributed by atoms with Crippen LogP contribution in [0.2, 0.25) is 0 Å². The van der Waals surface area contributed by atoms with Crippen LogP contribution in [-0.2, 0) is 0 Å². The minimum absolute atomic E-state index is 0.345. The summed E-state index contributed by atoms with van der Waals surface area (Å²) < 4.78 is 0. The van der Waals surface area contributed by atoms with Crippen molar-refractivity contribution in [1.82, 2.24) is 9.97 Å². The molecule has 0 saturated heterocycles. The summed E-state index contributed by atoms with van der Waals surface area (Å²) in [6.45, 7) is 3.86. The number of rotatable bonds is 0. The third-order valence-corrected chi connectivity index (χ3v) is 1.24. The molecule has 0 spiro atoms. The number of hydrogen-bond acceptors (Lipinski definition) is 3. The molecule has 0 aliphatic rings. The molecule has 3 heteroatoms. The number of aryl methyl sites for hydroxylation is 2. The summed E-state index contributed by atoms with van der Waals surface area (Å²) >= 11 is 0. The van der Waals surface area contributed by atoms with Crippen molar-refractivity contribution >= 4 is 5.95 Å². The van der Waals surface area contributed by atoms with Crippen molar-refractivity contribution in [3.63, 3.8) is 0 Å². The fourth-order valence-electron chi connectivity index (χ4n) is 0.545. The first kappa shape index (κ1) is 6.01. The second-order valence-electron chi connectivity index (χ2n) is 2.00. The normalized spacial score (nSPS) is 9.56. The molecule has 0 unspecified atom stereocenters. The Morgan fingerprint density at radius 2 is 2.11 bits per heavy atom. The van der Waals surface area contributed by atoms with Gasteiger partial charge in [0.05, 0.1) is 0 Å². The van der Waals surface area contributed by atoms with E-state index in [1.54, 1.807) is 6.20 Å². The van der Waals surface area contributed by atoms with Crippen LogP contribution >= 0.6 is 0 Å². The first-order valence-corrected chi connectivity index (χ1v) is 2.76. The number of nitrogen functional groups attached to an aromatic ring is 1. The molecule has 2 N–H and O–H groups in total. The molecule has 0 atom stereocenters. The highest BCUT2D eigenvalue weighted by atomic mass is 15.0. The Kier molecular flexibility index (Phi) is 1.34. The number of hydrogen-bond donors (Lipinski definition) is 1. The predicted molar refractivity (Wildman–Crippen MR) is 35.9 cm³/mol. The Balaban J connectivity index is 3.17. The lowest BCUT2D eigenvalue weighted by Crippen LogP contribution is -1.97. The standard InChI is InChI=1S/C6H9N3/c1-4-3-8-6(7)9-5(4)2/h3H,1-2H3,(H2,7,8,9). The van der Waals surface area contributed by atoms with Gasteiger partial charge < -0.3 is 5.73 Å². The summed E-state index contributed by atoms with van der Waals surface area (Å²) in [5, 5.41) is 0. The van der Waals surface area contributed by atoms with Crippen LogP contribution < -0.4 is 5.73 Å². The van der Waals surface area contributed by atoms with Crippen LogP contribution in [0.3, 0.4) is 0 Å². The fourth-order valence-corrected chi connectivity index (χ4v) is 0.545. The van der Waals surface area contributed by atoms with Crippen molar-refractivity contribution in [3.05, 3.63) is 17.5 Å². The van der Waals surface area contributed by atoms with Crippen molar-refractivity contribution in [2.45, 2.75) is 13.8 Å². The van der Waals surface area contributed by atoms with E-state index in [1.165, 1.54) is 0 Å². The molecule has 0 saturated carbocycles. The van der Waals surface area contributed by atoms with Gasteiger partial charge in [-0.3, -0.25) is 0 Å². The quantitative estimate of drug-likeness (QED) is 0.551. The monoisotopic (exact) mass is 123 g/mol. The topological polar surface area (TPSA) is 51.8 Å². The largest absolute Gasteiger partial charge is 0.368 e. The highest BCUT2D eigenvalue weighted by Crippen LogP contribution is 2.00. The summed E-state index contributed by atoms with van der Waals surface area (Å²) in [4.78, 5) is 7.75. The van der Waals surface area contributed by atoms with Gasteiger partial charge in [-0.15, -0.1) is 0 Å². The fraction of sp³-hybridized carbons (Fsp3) is 0.333. The average molecular weight is 123 g/mol. The minimum Gasteiger partial charge on any atom is -0.368 e. The molecule has 48 valence electrons. The summed E-state index contributed by atoms with van der Waals surface area (Å²) in [6, 6.07) is 0. The maximum Gasteiger partial charge on any atom is 0.220 e. The van der Waals surface area contributed by atoms with Crippen LogP contribution in [0, 0.1) is 13.8 Å². The third-order valence-electron chi connectivity index (χ3n) is 1.24. The first-order valence-electron chi connectivity index (χ1n) is 2.76. The Hall–Kier alpha value is -1.12. The summed E-state index contributed by atoms with van der Waals surface area (Å²) in [6.07, 6.45) is 1.72. The van der Waals surface area contributed by atoms with E-state index in [-0.39, 0.29) is 0 Å². The van der Waals surface area contributed by atoms with Crippen molar-refractivity contribution < 1.29 is 0 Å². The molecule has 3 nitrogen and oxygen atoms in total. The van der Waals surface area contributed by atoms with E-state index >= 15 is 0 Å². The van der Waals surface area contributed by atoms with Crippen molar-refractivity contribution in [3.8, 4) is 0 Å². The van der Waals surface area contributed by atoms with Gasteiger partial charge in [-0.2, -0.15) is 0 Å². The van der Waals surface area contributed by atoms with E-state index in [9.17, 15) is 0 Å². The second kappa shape index (κ2) is 2.01. The zero-order chi connectivity index (χ0) is 6.85. The highest BCUT2D eigenvalue weighted by Gasteiger charge is 1.92. The average Bonchev–Trinajstić information content (AvgIpc) is 1.80. The molecule has 0 aromatic carbocycles. The Morgan fingerprint density at radius 3 is 2.56 bits per heavy atom. The molecule has 9 heavy (non-hydrogen) atoms. The first-order chi connectivity index (χ1) is 4.20. The van der Waals surface area contributed by atoms with Gasteiger partial charge in [0.2, 0.25) is 5.95 Å². The Bertz CT molecular complexity index is 220. The van der Waals surface area contributed by atoms with Gasteiger partial charge in [0, 0.05) is 11.9 Å². The van der Waals surface area contributed by atoms with Crippen LogP contribution in [0.25, 0.3) is 0 Å². The summed E-state index contributed by atoms with van der Waals surface area (Å²) in [7, 11) is 0. The number of nitrogens with zero attached hydrogens (tertiary/aromatic N) is 2. The van der Waals surface area contributed by atoms with Gasteiger partial charge >= 0.3 is 0 Å². The molecule has 0 aliphatic heterocycles. The van der Waals surface area contributed by atoms with E-state index in [2.05, 4.69) is 9.97 Å². The number of nitrogens with two attached hydrogens (primary N) is 1. The molecule has 0 radical (unpaired) electrons. The van der Waals surface area contributed by atoms with E-state index in [1.807, 2.05) is 13.8 Å². The molecule has 1 aromatic heterocycles. The smallest absolute Gasteiger partial charge is 0.220 e. The van der Waals surface area contributed by atoms with Crippen LogP contribution in [0.15, 0.2) is 6.20 Å². The lowest BCUT2D eigenvalue weighted by Gasteiger charge is -1.96. The van der Waals surface area contributed by atoms with Gasteiger partial charge in [0.1, 0.15) is 0 Å². The number of anilines is 1. The lowest BCUT2D eigenvalue weighted by atomic mass is 10.3. The van der Waals surface area contributed by atoms with Gasteiger partial charge in [-0.05, 0) is 19.4 Å². The molecular formula is C6H9N3. The molecular weight excluding hydrogens is 114 g/mol. The molecule has 1 heterocycles. The van der Waals surface area contributed by atoms with E-state index in [4.69, 9.17) is 5.73 Å². The van der Waals surface area contributed by atoms with E-state index < -0.39 is 0 Å². The maximum absolute atomic E-state index is 5.31. The molecule has 1 rings (SSSR count). The van der Waals surface area contributed by atoms with Crippen LogP contribution in [0.4, 0.5) is 5.95 Å². The predicted octanol–water partition coefficient (Wildman–Crippen LogP) is 0.676. The zero-order valence-corrected chi connectivity index (χ0v) is 5.55. The SMILES string of the molecule is Cc1cnc(N)nc1C. The minimum atomic E-state index is 0.345. The van der Waals surface area contributed by atoms with Crippen molar-refractivity contribution in [2.75, 3.05) is 5.73 Å². The van der Waals surface area contributed by atoms with Crippen LogP contribution in [0.1, 0.15) is 11.3 Å². The number of aromatic nitrogens is 2. The third kappa shape index (κ3) is 1.16. The van der Waals surface area contributed by atoms with Crippen molar-refractivity contribution in [1.29, 1.82) is 0 Å². The van der Waals surface area contributed by atoms with Gasteiger partial charge in [0.15, 0.2) is 0 Å². The summed E-state index contributed by atoms with van der Waals surface area (Å²) in [5.41, 5.74) is 7.33. The second-order valence-corrected chi connectivity index (χ2v) is 2.00. The van der Waals surface area contributed by atoms with E-state index in [0.717, 1.165) is 11.3 Å². The lowest BCUT2D eigenvalue weighted by molar-refractivity contribution is 1.08. The molecule has 0 fully saturated rings. The molecule has 1 aromatic rings. The Labute approximate surface area is 53.9 Å².